The molecular weight excluding hydrogens is 278 g/mol. The molecule has 1 aromatic rings. The highest BCUT2D eigenvalue weighted by atomic mass is 16.5. The van der Waals surface area contributed by atoms with E-state index in [-0.39, 0.29) is 5.91 Å². The standard InChI is InChI=1S/C17H21N3O2/c1-13(22-16-6-2-14(12-18)3-7-16)17(21)20-10-8-19(9-11-20)15-4-5-15/h2-3,6-7,13,15H,4-5,8-11H2,1H3. The average molecular weight is 299 g/mol. The van der Waals surface area contributed by atoms with E-state index in [1.165, 1.54) is 12.8 Å². The highest BCUT2D eigenvalue weighted by Crippen LogP contribution is 2.27. The van der Waals surface area contributed by atoms with E-state index in [1.807, 2.05) is 4.90 Å². The van der Waals surface area contributed by atoms with Crippen molar-refractivity contribution < 1.29 is 9.53 Å². The molecule has 5 heteroatoms. The predicted molar refractivity (Wildman–Crippen MR) is 82.4 cm³/mol. The zero-order valence-electron chi connectivity index (χ0n) is 12.9. The third kappa shape index (κ3) is 3.40. The van der Waals surface area contributed by atoms with E-state index >= 15 is 0 Å². The Labute approximate surface area is 131 Å². The molecule has 5 nitrogen and oxygen atoms in total. The summed E-state index contributed by atoms with van der Waals surface area (Å²) in [6.07, 6.45) is 2.12. The first-order valence-electron chi connectivity index (χ1n) is 7.87. The van der Waals surface area contributed by atoms with Crippen molar-refractivity contribution in [2.45, 2.75) is 31.9 Å². The Kier molecular flexibility index (Phi) is 4.30. The maximum absolute atomic E-state index is 12.4. The number of nitriles is 1. The van der Waals surface area contributed by atoms with Crippen LogP contribution in [0.1, 0.15) is 25.3 Å². The van der Waals surface area contributed by atoms with Gasteiger partial charge in [0, 0.05) is 32.2 Å². The van der Waals surface area contributed by atoms with Gasteiger partial charge in [-0.2, -0.15) is 5.26 Å². The Hall–Kier alpha value is -2.06. The zero-order chi connectivity index (χ0) is 15.5. The first-order chi connectivity index (χ1) is 10.7. The zero-order valence-corrected chi connectivity index (χ0v) is 12.9. The highest BCUT2D eigenvalue weighted by molar-refractivity contribution is 5.81. The molecule has 0 aromatic heterocycles. The molecule has 1 aliphatic carbocycles. The molecule has 22 heavy (non-hydrogen) atoms. The van der Waals surface area contributed by atoms with Crippen LogP contribution in [0, 0.1) is 11.3 Å². The average Bonchev–Trinajstić information content (AvgIpc) is 3.40. The molecule has 1 amide bonds. The van der Waals surface area contributed by atoms with Gasteiger partial charge in [0.15, 0.2) is 6.10 Å². The fourth-order valence-electron chi connectivity index (χ4n) is 2.87. The minimum Gasteiger partial charge on any atom is -0.481 e. The minimum atomic E-state index is -0.500. The van der Waals surface area contributed by atoms with E-state index in [0.717, 1.165) is 32.2 Å². The van der Waals surface area contributed by atoms with Crippen molar-refractivity contribution in [3.8, 4) is 11.8 Å². The maximum Gasteiger partial charge on any atom is 0.263 e. The van der Waals surface area contributed by atoms with Crippen molar-refractivity contribution in [1.29, 1.82) is 5.26 Å². The van der Waals surface area contributed by atoms with E-state index in [1.54, 1.807) is 31.2 Å². The summed E-state index contributed by atoms with van der Waals surface area (Å²) in [6, 6.07) is 9.68. The van der Waals surface area contributed by atoms with E-state index in [0.29, 0.717) is 11.3 Å². The first kappa shape index (κ1) is 14.9. The van der Waals surface area contributed by atoms with Crippen LogP contribution in [0.25, 0.3) is 0 Å². The van der Waals surface area contributed by atoms with Gasteiger partial charge in [-0.05, 0) is 44.0 Å². The van der Waals surface area contributed by atoms with Gasteiger partial charge in [0.1, 0.15) is 5.75 Å². The Bertz CT molecular complexity index is 567. The summed E-state index contributed by atoms with van der Waals surface area (Å²) in [7, 11) is 0. The van der Waals surface area contributed by atoms with Crippen molar-refractivity contribution in [3.05, 3.63) is 29.8 Å². The second-order valence-electron chi connectivity index (χ2n) is 5.99. The lowest BCUT2D eigenvalue weighted by Gasteiger charge is -2.35. The third-order valence-electron chi connectivity index (χ3n) is 4.33. The lowest BCUT2D eigenvalue weighted by Crippen LogP contribution is -2.52. The van der Waals surface area contributed by atoms with E-state index in [4.69, 9.17) is 10.00 Å². The number of hydrogen-bond acceptors (Lipinski definition) is 4. The van der Waals surface area contributed by atoms with Gasteiger partial charge in [-0.25, -0.2) is 0 Å². The summed E-state index contributed by atoms with van der Waals surface area (Å²) in [6.45, 7) is 5.31. The number of benzene rings is 1. The molecule has 0 bridgehead atoms. The number of nitrogens with zero attached hydrogens (tertiary/aromatic N) is 3. The third-order valence-corrected chi connectivity index (χ3v) is 4.33. The quantitative estimate of drug-likeness (QED) is 0.848. The molecule has 0 N–H and O–H groups in total. The van der Waals surface area contributed by atoms with Crippen LogP contribution in [-0.2, 0) is 4.79 Å². The van der Waals surface area contributed by atoms with Gasteiger partial charge < -0.3 is 9.64 Å². The Morgan fingerprint density at radius 3 is 2.41 bits per heavy atom. The van der Waals surface area contributed by atoms with Gasteiger partial charge in [0.25, 0.3) is 5.91 Å². The fraction of sp³-hybridized carbons (Fsp3) is 0.529. The molecule has 1 heterocycles. The van der Waals surface area contributed by atoms with Crippen LogP contribution in [0.5, 0.6) is 5.75 Å². The van der Waals surface area contributed by atoms with Crippen molar-refractivity contribution in [1.82, 2.24) is 9.80 Å². The molecule has 2 aliphatic rings. The monoisotopic (exact) mass is 299 g/mol. The molecular formula is C17H21N3O2. The normalized spacial score (nSPS) is 20.3. The Morgan fingerprint density at radius 1 is 1.23 bits per heavy atom. The summed E-state index contributed by atoms with van der Waals surface area (Å²) >= 11 is 0. The molecule has 3 rings (SSSR count). The van der Waals surface area contributed by atoms with Crippen LogP contribution < -0.4 is 4.74 Å². The van der Waals surface area contributed by atoms with E-state index < -0.39 is 6.10 Å². The molecule has 1 aliphatic heterocycles. The summed E-state index contributed by atoms with van der Waals surface area (Å²) in [4.78, 5) is 16.8. The Morgan fingerprint density at radius 2 is 1.86 bits per heavy atom. The number of ether oxygens (including phenoxy) is 1. The minimum absolute atomic E-state index is 0.0415. The Balaban J connectivity index is 1.51. The van der Waals surface area contributed by atoms with Crippen molar-refractivity contribution in [2.75, 3.05) is 26.2 Å². The molecule has 1 unspecified atom stereocenters. The first-order valence-corrected chi connectivity index (χ1v) is 7.87. The van der Waals surface area contributed by atoms with Crippen molar-refractivity contribution in [2.24, 2.45) is 0 Å². The van der Waals surface area contributed by atoms with Gasteiger partial charge >= 0.3 is 0 Å². The maximum atomic E-state index is 12.4. The van der Waals surface area contributed by atoms with Gasteiger partial charge in [-0.15, -0.1) is 0 Å². The lowest BCUT2D eigenvalue weighted by atomic mass is 10.2. The van der Waals surface area contributed by atoms with Crippen LogP contribution in [-0.4, -0.2) is 54.0 Å². The van der Waals surface area contributed by atoms with Crippen LogP contribution in [0.2, 0.25) is 0 Å². The highest BCUT2D eigenvalue weighted by Gasteiger charge is 2.33. The second kappa shape index (κ2) is 6.37. The van der Waals surface area contributed by atoms with Gasteiger partial charge in [-0.3, -0.25) is 9.69 Å². The fourth-order valence-corrected chi connectivity index (χ4v) is 2.87. The molecule has 2 fully saturated rings. The number of hydrogen-bond donors (Lipinski definition) is 0. The van der Waals surface area contributed by atoms with Gasteiger partial charge in [-0.1, -0.05) is 0 Å². The second-order valence-corrected chi connectivity index (χ2v) is 5.99. The van der Waals surface area contributed by atoms with Crippen LogP contribution in [0.4, 0.5) is 0 Å². The molecule has 0 spiro atoms. The molecule has 0 radical (unpaired) electrons. The smallest absolute Gasteiger partial charge is 0.263 e. The molecule has 1 saturated carbocycles. The number of rotatable bonds is 4. The number of piperazine rings is 1. The summed E-state index contributed by atoms with van der Waals surface area (Å²) in [5.74, 6) is 0.663. The van der Waals surface area contributed by atoms with Crippen molar-refractivity contribution >= 4 is 5.91 Å². The largest absolute Gasteiger partial charge is 0.481 e. The summed E-state index contributed by atoms with van der Waals surface area (Å²) in [5.41, 5.74) is 0.586. The molecule has 1 atom stereocenters. The number of carbonyl (C=O) groups excluding carboxylic acids is 1. The molecule has 1 saturated heterocycles. The lowest BCUT2D eigenvalue weighted by molar-refractivity contribution is -0.139. The number of amides is 1. The van der Waals surface area contributed by atoms with Crippen LogP contribution in [0.15, 0.2) is 24.3 Å². The van der Waals surface area contributed by atoms with E-state index in [2.05, 4.69) is 11.0 Å². The molecule has 1 aromatic carbocycles. The predicted octanol–water partition coefficient (Wildman–Crippen LogP) is 1.63. The van der Waals surface area contributed by atoms with Crippen LogP contribution >= 0.6 is 0 Å². The summed E-state index contributed by atoms with van der Waals surface area (Å²) in [5, 5.41) is 8.78. The van der Waals surface area contributed by atoms with Crippen molar-refractivity contribution in [3.63, 3.8) is 0 Å². The molecule has 116 valence electrons. The van der Waals surface area contributed by atoms with E-state index in [9.17, 15) is 4.79 Å². The van der Waals surface area contributed by atoms with Crippen LogP contribution in [0.3, 0.4) is 0 Å². The topological polar surface area (TPSA) is 56.6 Å². The van der Waals surface area contributed by atoms with Gasteiger partial charge in [0.05, 0.1) is 11.6 Å². The summed E-state index contributed by atoms with van der Waals surface area (Å²) < 4.78 is 5.70. The van der Waals surface area contributed by atoms with Gasteiger partial charge in [0.2, 0.25) is 0 Å². The number of carbonyl (C=O) groups is 1. The SMILES string of the molecule is CC(Oc1ccc(C#N)cc1)C(=O)N1CCN(C2CC2)CC1.